The van der Waals surface area contributed by atoms with Gasteiger partial charge < -0.3 is 29.9 Å². The fourth-order valence-corrected chi connectivity index (χ4v) is 0.723. The minimum atomic E-state index is -1.19. The highest BCUT2D eigenvalue weighted by molar-refractivity contribution is 4.61. The van der Waals surface area contributed by atoms with Gasteiger partial charge in [0.15, 0.2) is 6.29 Å². The Balaban J connectivity index is 3.94. The van der Waals surface area contributed by atoms with Crippen molar-refractivity contribution in [2.75, 3.05) is 26.9 Å². The van der Waals surface area contributed by atoms with Crippen LogP contribution in [0, 0.1) is 0 Å². The van der Waals surface area contributed by atoms with Gasteiger partial charge in [-0.3, -0.25) is 0 Å². The summed E-state index contributed by atoms with van der Waals surface area (Å²) in [6, 6.07) is 0. The minimum absolute atomic E-state index is 0.380. The number of rotatable bonds is 7. The van der Waals surface area contributed by atoms with Crippen molar-refractivity contribution >= 4 is 0 Å². The lowest BCUT2D eigenvalue weighted by Gasteiger charge is -2.24. The van der Waals surface area contributed by atoms with E-state index in [1.165, 1.54) is 7.11 Å². The monoisotopic (exact) mass is 196 g/mol. The lowest BCUT2D eigenvalue weighted by molar-refractivity contribution is -0.221. The quantitative estimate of drug-likeness (QED) is 0.341. The molecule has 0 fully saturated rings. The van der Waals surface area contributed by atoms with E-state index in [9.17, 15) is 0 Å². The molecule has 0 aliphatic rings. The summed E-state index contributed by atoms with van der Waals surface area (Å²) in [5.41, 5.74) is 0. The van der Waals surface area contributed by atoms with Crippen LogP contribution in [0.1, 0.15) is 0 Å². The molecule has 0 saturated heterocycles. The molecule has 1 unspecified atom stereocenters. The maximum absolute atomic E-state index is 9.09. The molecular weight excluding hydrogens is 180 g/mol. The molecule has 2 atom stereocenters. The van der Waals surface area contributed by atoms with Crippen LogP contribution in [0.3, 0.4) is 0 Å². The van der Waals surface area contributed by atoms with Gasteiger partial charge in [-0.05, 0) is 0 Å². The second-order valence-corrected chi connectivity index (χ2v) is 2.48. The largest absolute Gasteiger partial charge is 0.394 e. The summed E-state index contributed by atoms with van der Waals surface area (Å²) in [7, 11) is 1.29. The number of hydrogen-bond acceptors (Lipinski definition) is 6. The van der Waals surface area contributed by atoms with Crippen molar-refractivity contribution in [1.82, 2.24) is 0 Å². The predicted octanol–water partition coefficient (Wildman–Crippen LogP) is -2.32. The molecule has 0 radical (unpaired) electrons. The van der Waals surface area contributed by atoms with E-state index < -0.39 is 25.1 Å². The molecule has 0 aliphatic carbocycles. The number of aliphatic hydroxyl groups is 4. The molecule has 0 bridgehead atoms. The number of methoxy groups -OCH3 is 1. The highest BCUT2D eigenvalue weighted by Gasteiger charge is 2.22. The van der Waals surface area contributed by atoms with E-state index in [0.717, 1.165) is 0 Å². The van der Waals surface area contributed by atoms with Gasteiger partial charge in [-0.2, -0.15) is 0 Å². The van der Waals surface area contributed by atoms with Crippen LogP contribution in [-0.4, -0.2) is 65.9 Å². The molecule has 0 amide bonds. The van der Waals surface area contributed by atoms with Crippen molar-refractivity contribution < 1.29 is 29.9 Å². The molecule has 0 heterocycles. The molecule has 0 aromatic carbocycles. The van der Waals surface area contributed by atoms with Crippen molar-refractivity contribution in [3.05, 3.63) is 0 Å². The van der Waals surface area contributed by atoms with Crippen molar-refractivity contribution in [1.29, 1.82) is 0 Å². The average Bonchev–Trinajstić information content (AvgIpc) is 2.19. The van der Waals surface area contributed by atoms with Crippen LogP contribution in [0.4, 0.5) is 0 Å². The maximum Gasteiger partial charge on any atom is 0.185 e. The molecule has 0 saturated carbocycles. The molecule has 13 heavy (non-hydrogen) atoms. The smallest absolute Gasteiger partial charge is 0.185 e. The van der Waals surface area contributed by atoms with Gasteiger partial charge in [-0.1, -0.05) is 0 Å². The predicted molar refractivity (Wildman–Crippen MR) is 42.9 cm³/mol. The SMILES string of the molecule is COC(OC(CO)CO)[C@@H](O)CO. The maximum atomic E-state index is 9.09. The zero-order valence-electron chi connectivity index (χ0n) is 7.46. The molecule has 6 heteroatoms. The lowest BCUT2D eigenvalue weighted by Crippen LogP contribution is -2.39. The summed E-state index contributed by atoms with van der Waals surface area (Å²) in [4.78, 5) is 0. The van der Waals surface area contributed by atoms with E-state index in [2.05, 4.69) is 4.74 Å². The summed E-state index contributed by atoms with van der Waals surface area (Å²) in [5.74, 6) is 0. The Labute approximate surface area is 76.3 Å². The first kappa shape index (κ1) is 12.8. The van der Waals surface area contributed by atoms with Crippen LogP contribution >= 0.6 is 0 Å². The van der Waals surface area contributed by atoms with Gasteiger partial charge in [0.1, 0.15) is 12.2 Å². The van der Waals surface area contributed by atoms with Gasteiger partial charge in [-0.15, -0.1) is 0 Å². The van der Waals surface area contributed by atoms with Crippen LogP contribution in [0.5, 0.6) is 0 Å². The number of ether oxygens (including phenoxy) is 2. The van der Waals surface area contributed by atoms with Crippen molar-refractivity contribution in [3.63, 3.8) is 0 Å². The topological polar surface area (TPSA) is 99.4 Å². The van der Waals surface area contributed by atoms with Gasteiger partial charge >= 0.3 is 0 Å². The molecule has 0 spiro atoms. The van der Waals surface area contributed by atoms with E-state index in [1.807, 2.05) is 0 Å². The number of hydrogen-bond donors (Lipinski definition) is 4. The summed E-state index contributed by atoms with van der Waals surface area (Å²) in [5, 5.41) is 34.9. The van der Waals surface area contributed by atoms with Gasteiger partial charge in [0.05, 0.1) is 19.8 Å². The van der Waals surface area contributed by atoms with Crippen molar-refractivity contribution in [3.8, 4) is 0 Å². The van der Waals surface area contributed by atoms with Crippen LogP contribution in [0.25, 0.3) is 0 Å². The van der Waals surface area contributed by atoms with Crippen molar-refractivity contribution in [2.45, 2.75) is 18.5 Å². The standard InChI is InChI=1S/C7H16O6/c1-12-7(6(11)4-10)13-5(2-8)3-9/h5-11H,2-4H2,1H3/t6-,7?/m0/s1. The highest BCUT2D eigenvalue weighted by atomic mass is 16.7. The van der Waals surface area contributed by atoms with Gasteiger partial charge in [0.25, 0.3) is 0 Å². The Morgan fingerprint density at radius 2 is 1.62 bits per heavy atom. The number of aliphatic hydroxyl groups excluding tert-OH is 4. The first-order chi connectivity index (χ1) is 6.19. The molecule has 80 valence electrons. The Kier molecular flexibility index (Phi) is 7.06. The van der Waals surface area contributed by atoms with Gasteiger partial charge in [0.2, 0.25) is 0 Å². The summed E-state index contributed by atoms with van der Waals surface area (Å²) in [6.45, 7) is -1.27. The van der Waals surface area contributed by atoms with Crippen LogP contribution in [-0.2, 0) is 9.47 Å². The summed E-state index contributed by atoms with van der Waals surface area (Å²) < 4.78 is 9.60. The molecular formula is C7H16O6. The third-order valence-corrected chi connectivity index (χ3v) is 1.47. The molecule has 6 nitrogen and oxygen atoms in total. The van der Waals surface area contributed by atoms with E-state index >= 15 is 0 Å². The van der Waals surface area contributed by atoms with Crippen LogP contribution in [0.2, 0.25) is 0 Å². The third-order valence-electron chi connectivity index (χ3n) is 1.47. The molecule has 0 aromatic heterocycles. The molecule has 4 N–H and O–H groups in total. The van der Waals surface area contributed by atoms with Crippen LogP contribution < -0.4 is 0 Å². The Hall–Kier alpha value is -0.240. The molecule has 0 rings (SSSR count). The fraction of sp³-hybridized carbons (Fsp3) is 1.00. The van der Waals surface area contributed by atoms with Gasteiger partial charge in [0, 0.05) is 7.11 Å². The second-order valence-electron chi connectivity index (χ2n) is 2.48. The second kappa shape index (κ2) is 7.19. The Morgan fingerprint density at radius 1 is 1.08 bits per heavy atom. The van der Waals surface area contributed by atoms with E-state index in [1.54, 1.807) is 0 Å². The zero-order valence-corrected chi connectivity index (χ0v) is 7.46. The van der Waals surface area contributed by atoms with E-state index in [0.29, 0.717) is 0 Å². The van der Waals surface area contributed by atoms with Crippen LogP contribution in [0.15, 0.2) is 0 Å². The molecule has 0 aliphatic heterocycles. The normalized spacial score (nSPS) is 16.2. The molecule has 0 aromatic rings. The minimum Gasteiger partial charge on any atom is -0.394 e. The lowest BCUT2D eigenvalue weighted by atomic mass is 10.3. The van der Waals surface area contributed by atoms with E-state index in [4.69, 9.17) is 25.2 Å². The summed E-state index contributed by atoms with van der Waals surface area (Å²) in [6.07, 6.45) is -3.05. The Morgan fingerprint density at radius 3 is 1.92 bits per heavy atom. The Bertz CT molecular complexity index is 116. The van der Waals surface area contributed by atoms with E-state index in [-0.39, 0.29) is 13.2 Å². The zero-order chi connectivity index (χ0) is 10.3. The fourth-order valence-electron chi connectivity index (χ4n) is 0.723. The van der Waals surface area contributed by atoms with Gasteiger partial charge in [-0.25, -0.2) is 0 Å². The third kappa shape index (κ3) is 4.51. The first-order valence-electron chi connectivity index (χ1n) is 3.88. The highest BCUT2D eigenvalue weighted by Crippen LogP contribution is 2.04. The average molecular weight is 196 g/mol. The van der Waals surface area contributed by atoms with Crippen molar-refractivity contribution in [2.24, 2.45) is 0 Å². The first-order valence-corrected chi connectivity index (χ1v) is 3.88. The summed E-state index contributed by atoms with van der Waals surface area (Å²) >= 11 is 0.